The van der Waals surface area contributed by atoms with Crippen molar-refractivity contribution in [2.75, 3.05) is 0 Å². The molecule has 9 heteroatoms. The summed E-state index contributed by atoms with van der Waals surface area (Å²) in [5.41, 5.74) is -1.77. The summed E-state index contributed by atoms with van der Waals surface area (Å²) in [6.07, 6.45) is -4.83. The number of hydrogen-bond donors (Lipinski definition) is 2. The van der Waals surface area contributed by atoms with E-state index in [1.165, 1.54) is 4.68 Å². The summed E-state index contributed by atoms with van der Waals surface area (Å²) < 4.78 is 53.0. The topological polar surface area (TPSA) is 70.9 Å². The molecule has 24 heavy (non-hydrogen) atoms. The summed E-state index contributed by atoms with van der Waals surface area (Å²) in [6.45, 7) is 1.58. The number of alkyl halides is 3. The number of aromatic amines is 1. The maximum atomic E-state index is 13.8. The molecule has 0 aliphatic heterocycles. The van der Waals surface area contributed by atoms with Crippen molar-refractivity contribution in [2.24, 2.45) is 7.05 Å². The molecule has 5 nitrogen and oxygen atoms in total. The molecule has 0 atom stereocenters. The number of aromatic hydroxyl groups is 1. The smallest absolute Gasteiger partial charge is 0.419 e. The Labute approximate surface area is 132 Å². The van der Waals surface area contributed by atoms with Gasteiger partial charge in [0.05, 0.1) is 22.3 Å². The zero-order chi connectivity index (χ0) is 17.8. The van der Waals surface area contributed by atoms with Gasteiger partial charge in [-0.2, -0.15) is 18.3 Å². The normalized spacial score (nSPS) is 12.1. The molecule has 0 saturated carbocycles. The number of aromatic nitrogens is 3. The average Bonchev–Trinajstić information content (AvgIpc) is 2.75. The first-order chi connectivity index (χ1) is 11.1. The maximum absolute atomic E-state index is 13.8. The van der Waals surface area contributed by atoms with Gasteiger partial charge in [-0.1, -0.05) is 6.07 Å². The third-order valence-electron chi connectivity index (χ3n) is 3.71. The van der Waals surface area contributed by atoms with Gasteiger partial charge in [-0.15, -0.1) is 0 Å². The lowest BCUT2D eigenvalue weighted by Gasteiger charge is -2.10. The van der Waals surface area contributed by atoms with Gasteiger partial charge in [-0.05, 0) is 19.1 Å². The molecule has 2 aromatic heterocycles. The van der Waals surface area contributed by atoms with E-state index < -0.39 is 28.7 Å². The van der Waals surface area contributed by atoms with Crippen molar-refractivity contribution in [2.45, 2.75) is 13.1 Å². The molecule has 3 aromatic rings. The summed E-state index contributed by atoms with van der Waals surface area (Å²) in [7, 11) is 1.55. The van der Waals surface area contributed by atoms with Gasteiger partial charge in [0.15, 0.2) is 5.75 Å². The van der Waals surface area contributed by atoms with E-state index in [9.17, 15) is 27.5 Å². The summed E-state index contributed by atoms with van der Waals surface area (Å²) in [5, 5.41) is 14.3. The molecule has 0 bridgehead atoms. The van der Waals surface area contributed by atoms with Crippen molar-refractivity contribution in [1.29, 1.82) is 0 Å². The molecular formula is C15H11F4N3O2. The van der Waals surface area contributed by atoms with E-state index in [-0.39, 0.29) is 22.3 Å². The minimum Gasteiger partial charge on any atom is -0.503 e. The van der Waals surface area contributed by atoms with E-state index in [1.54, 1.807) is 14.0 Å². The van der Waals surface area contributed by atoms with E-state index in [4.69, 9.17) is 0 Å². The number of nitrogens with one attached hydrogen (secondary N) is 1. The van der Waals surface area contributed by atoms with Gasteiger partial charge in [-0.25, -0.2) is 4.39 Å². The van der Waals surface area contributed by atoms with Gasteiger partial charge < -0.3 is 10.1 Å². The largest absolute Gasteiger partial charge is 0.503 e. The molecule has 3 rings (SSSR count). The van der Waals surface area contributed by atoms with Gasteiger partial charge >= 0.3 is 6.18 Å². The second-order valence-electron chi connectivity index (χ2n) is 5.30. The molecule has 1 aromatic carbocycles. The van der Waals surface area contributed by atoms with Crippen LogP contribution in [-0.2, 0) is 13.2 Å². The van der Waals surface area contributed by atoms with Gasteiger partial charge in [0.2, 0.25) is 5.43 Å². The number of benzene rings is 1. The minimum atomic E-state index is -4.83. The number of rotatable bonds is 1. The van der Waals surface area contributed by atoms with Gasteiger partial charge in [-0.3, -0.25) is 9.48 Å². The number of fused-ring (bicyclic) bond motifs is 1. The van der Waals surface area contributed by atoms with Crippen LogP contribution in [0.4, 0.5) is 17.6 Å². The van der Waals surface area contributed by atoms with Crippen LogP contribution < -0.4 is 5.43 Å². The Morgan fingerprint density at radius 1 is 1.29 bits per heavy atom. The third-order valence-corrected chi connectivity index (χ3v) is 3.71. The SMILES string of the molecule is Cc1nn(C)c2[nH]c(-c3ccc(C(F)(F)F)c(F)c3)c(O)c(=O)c12. The molecule has 0 unspecified atom stereocenters. The number of hydrogen-bond acceptors (Lipinski definition) is 3. The highest BCUT2D eigenvalue weighted by Crippen LogP contribution is 2.34. The summed E-state index contributed by atoms with van der Waals surface area (Å²) in [5.74, 6) is -2.21. The minimum absolute atomic E-state index is 0.0872. The van der Waals surface area contributed by atoms with Crippen LogP contribution in [0.15, 0.2) is 23.0 Å². The van der Waals surface area contributed by atoms with Crippen LogP contribution in [0.3, 0.4) is 0 Å². The van der Waals surface area contributed by atoms with E-state index in [0.717, 1.165) is 6.07 Å². The highest BCUT2D eigenvalue weighted by atomic mass is 19.4. The second-order valence-corrected chi connectivity index (χ2v) is 5.30. The first-order valence-electron chi connectivity index (χ1n) is 6.77. The Hall–Kier alpha value is -2.84. The first-order valence-corrected chi connectivity index (χ1v) is 6.77. The Kier molecular flexibility index (Phi) is 3.40. The zero-order valence-corrected chi connectivity index (χ0v) is 12.5. The lowest BCUT2D eigenvalue weighted by Crippen LogP contribution is -2.09. The number of pyridine rings is 1. The van der Waals surface area contributed by atoms with Crippen LogP contribution >= 0.6 is 0 Å². The van der Waals surface area contributed by atoms with E-state index in [2.05, 4.69) is 10.1 Å². The van der Waals surface area contributed by atoms with Crippen LogP contribution in [0.2, 0.25) is 0 Å². The van der Waals surface area contributed by atoms with E-state index in [0.29, 0.717) is 17.8 Å². The molecule has 0 aliphatic rings. The molecule has 0 fully saturated rings. The maximum Gasteiger partial charge on any atom is 0.419 e. The van der Waals surface area contributed by atoms with Crippen molar-refractivity contribution < 1.29 is 22.7 Å². The quantitative estimate of drug-likeness (QED) is 0.668. The van der Waals surface area contributed by atoms with Crippen LogP contribution in [0, 0.1) is 12.7 Å². The highest BCUT2D eigenvalue weighted by Gasteiger charge is 2.34. The van der Waals surface area contributed by atoms with Gasteiger partial charge in [0.1, 0.15) is 11.5 Å². The second kappa shape index (κ2) is 5.08. The van der Waals surface area contributed by atoms with Crippen molar-refractivity contribution in [3.63, 3.8) is 0 Å². The van der Waals surface area contributed by atoms with Gasteiger partial charge in [0.25, 0.3) is 0 Å². The predicted molar refractivity (Wildman–Crippen MR) is 78.1 cm³/mol. The molecule has 2 heterocycles. The molecular weight excluding hydrogens is 330 g/mol. The number of nitrogens with zero attached hydrogens (tertiary/aromatic N) is 2. The lowest BCUT2D eigenvalue weighted by atomic mass is 10.1. The predicted octanol–water partition coefficient (Wildman–Crippen LogP) is 3.10. The van der Waals surface area contributed by atoms with Crippen LogP contribution in [-0.4, -0.2) is 19.9 Å². The van der Waals surface area contributed by atoms with Crippen molar-refractivity contribution in [1.82, 2.24) is 14.8 Å². The number of aryl methyl sites for hydroxylation is 2. The van der Waals surface area contributed by atoms with Crippen molar-refractivity contribution in [3.05, 3.63) is 45.5 Å². The fraction of sp³-hybridized carbons (Fsp3) is 0.200. The summed E-state index contributed by atoms with van der Waals surface area (Å²) >= 11 is 0. The Bertz CT molecular complexity index is 1020. The number of halogens is 4. The Morgan fingerprint density at radius 3 is 2.54 bits per heavy atom. The highest BCUT2D eigenvalue weighted by molar-refractivity contribution is 5.84. The molecule has 0 radical (unpaired) electrons. The molecule has 0 amide bonds. The fourth-order valence-electron chi connectivity index (χ4n) is 2.59. The van der Waals surface area contributed by atoms with Crippen molar-refractivity contribution >= 4 is 11.0 Å². The molecule has 2 N–H and O–H groups in total. The van der Waals surface area contributed by atoms with Crippen LogP contribution in [0.5, 0.6) is 5.75 Å². The first kappa shape index (κ1) is 16.0. The molecule has 126 valence electrons. The van der Waals surface area contributed by atoms with Crippen LogP contribution in [0.1, 0.15) is 11.3 Å². The van der Waals surface area contributed by atoms with Crippen molar-refractivity contribution in [3.8, 4) is 17.0 Å². The van der Waals surface area contributed by atoms with Gasteiger partial charge in [0, 0.05) is 12.6 Å². The zero-order valence-electron chi connectivity index (χ0n) is 12.5. The molecule has 0 aliphatic carbocycles. The lowest BCUT2D eigenvalue weighted by molar-refractivity contribution is -0.139. The molecule has 0 spiro atoms. The Morgan fingerprint density at radius 2 is 1.96 bits per heavy atom. The average molecular weight is 341 g/mol. The third kappa shape index (κ3) is 2.32. The number of H-pyrrole nitrogens is 1. The fourth-order valence-corrected chi connectivity index (χ4v) is 2.59. The molecule has 0 saturated heterocycles. The Balaban J connectivity index is 2.27. The standard InChI is InChI=1S/C15H11F4N3O2/c1-6-10-12(23)13(24)11(20-14(10)22(2)21-6)7-3-4-8(9(16)5-7)15(17,18)19/h3-5,24H,1-2H3,(H,20,23). The monoisotopic (exact) mass is 341 g/mol. The van der Waals surface area contributed by atoms with Crippen LogP contribution in [0.25, 0.3) is 22.3 Å². The van der Waals surface area contributed by atoms with E-state index >= 15 is 0 Å². The summed E-state index contributed by atoms with van der Waals surface area (Å²) in [4.78, 5) is 15.0. The summed E-state index contributed by atoms with van der Waals surface area (Å²) in [6, 6.07) is 2.15. The van der Waals surface area contributed by atoms with E-state index in [1.807, 2.05) is 0 Å².